The number of fused-ring (bicyclic) bond motifs is 1. The molecule has 0 radical (unpaired) electrons. The fourth-order valence-electron chi connectivity index (χ4n) is 3.68. The summed E-state index contributed by atoms with van der Waals surface area (Å²) in [6.07, 6.45) is 0. The highest BCUT2D eigenvalue weighted by Crippen LogP contribution is 2.34. The first-order valence-electron chi connectivity index (χ1n) is 7.36. The Labute approximate surface area is 124 Å². The molecule has 2 fully saturated rings. The summed E-state index contributed by atoms with van der Waals surface area (Å²) >= 11 is 0. The number of nitro benzene ring substituents is 1. The van der Waals surface area contributed by atoms with Gasteiger partial charge in [0.05, 0.1) is 12.0 Å². The van der Waals surface area contributed by atoms with Crippen LogP contribution in [-0.2, 0) is 6.54 Å². The molecule has 6 heteroatoms. The van der Waals surface area contributed by atoms with Gasteiger partial charge in [0.25, 0.3) is 0 Å². The zero-order valence-corrected chi connectivity index (χ0v) is 12.4. The molecule has 0 aliphatic carbocycles. The Morgan fingerprint density at radius 2 is 2.29 bits per heavy atom. The van der Waals surface area contributed by atoms with E-state index in [1.807, 2.05) is 6.07 Å². The van der Waals surface area contributed by atoms with Gasteiger partial charge < -0.3 is 10.1 Å². The number of nitrogens with zero attached hydrogens (tertiary/aromatic N) is 2. The zero-order valence-electron chi connectivity index (χ0n) is 12.4. The first-order chi connectivity index (χ1) is 10.1. The molecule has 3 rings (SSSR count). The van der Waals surface area contributed by atoms with Crippen LogP contribution >= 0.6 is 0 Å². The van der Waals surface area contributed by atoms with Crippen LogP contribution in [0.2, 0.25) is 0 Å². The maximum absolute atomic E-state index is 11.1. The second-order valence-corrected chi connectivity index (χ2v) is 6.02. The van der Waals surface area contributed by atoms with E-state index in [2.05, 4.69) is 17.1 Å². The van der Waals surface area contributed by atoms with Crippen LogP contribution in [0.5, 0.6) is 5.75 Å². The van der Waals surface area contributed by atoms with Gasteiger partial charge in [-0.3, -0.25) is 15.0 Å². The lowest BCUT2D eigenvalue weighted by Crippen LogP contribution is -2.32. The van der Waals surface area contributed by atoms with Gasteiger partial charge >= 0.3 is 5.69 Å². The lowest BCUT2D eigenvalue weighted by Gasteiger charge is -2.24. The van der Waals surface area contributed by atoms with E-state index in [4.69, 9.17) is 4.74 Å². The minimum Gasteiger partial charge on any atom is -0.490 e. The van der Waals surface area contributed by atoms with Gasteiger partial charge in [-0.25, -0.2) is 0 Å². The second kappa shape index (κ2) is 5.61. The van der Waals surface area contributed by atoms with Crippen molar-refractivity contribution in [3.63, 3.8) is 0 Å². The summed E-state index contributed by atoms with van der Waals surface area (Å²) in [5.41, 5.74) is 1.02. The van der Waals surface area contributed by atoms with Crippen LogP contribution in [0.15, 0.2) is 18.2 Å². The number of nitrogens with one attached hydrogen (secondary N) is 1. The molecule has 2 aliphatic heterocycles. The quantitative estimate of drug-likeness (QED) is 0.675. The van der Waals surface area contributed by atoms with Crippen molar-refractivity contribution in [3.05, 3.63) is 33.9 Å². The van der Waals surface area contributed by atoms with Gasteiger partial charge in [0, 0.05) is 25.2 Å². The van der Waals surface area contributed by atoms with E-state index in [-0.39, 0.29) is 10.6 Å². The Hall–Kier alpha value is -1.66. The van der Waals surface area contributed by atoms with Crippen molar-refractivity contribution in [3.8, 4) is 5.75 Å². The Morgan fingerprint density at radius 1 is 1.48 bits per heavy atom. The predicted octanol–water partition coefficient (Wildman–Crippen LogP) is 1.64. The summed E-state index contributed by atoms with van der Waals surface area (Å²) in [5, 5.41) is 14.5. The normalized spacial score (nSPS) is 28.6. The molecule has 2 aliphatic rings. The number of methoxy groups -OCH3 is 1. The largest absolute Gasteiger partial charge is 0.490 e. The summed E-state index contributed by atoms with van der Waals surface area (Å²) in [6, 6.07) is 5.77. The number of hydrogen-bond donors (Lipinski definition) is 1. The molecular formula is C15H21N3O3. The highest BCUT2D eigenvalue weighted by Gasteiger charge is 2.41. The number of rotatable bonds is 4. The van der Waals surface area contributed by atoms with Crippen LogP contribution in [0.3, 0.4) is 0 Å². The van der Waals surface area contributed by atoms with E-state index in [0.717, 1.165) is 31.7 Å². The van der Waals surface area contributed by atoms with E-state index in [1.54, 1.807) is 12.1 Å². The number of likely N-dealkylation sites (tertiary alicyclic amines) is 1. The minimum atomic E-state index is -0.381. The van der Waals surface area contributed by atoms with Gasteiger partial charge in [-0.2, -0.15) is 0 Å². The summed E-state index contributed by atoms with van der Waals surface area (Å²) in [4.78, 5) is 13.1. The third-order valence-corrected chi connectivity index (χ3v) is 4.88. The number of hydrogen-bond acceptors (Lipinski definition) is 5. The molecule has 0 saturated carbocycles. The monoisotopic (exact) mass is 291 g/mol. The second-order valence-electron chi connectivity index (χ2n) is 6.02. The molecule has 1 N–H and O–H groups in total. The third-order valence-electron chi connectivity index (χ3n) is 4.88. The summed E-state index contributed by atoms with van der Waals surface area (Å²) in [6.45, 7) is 6.27. The number of nitro groups is 1. The average Bonchev–Trinajstić information content (AvgIpc) is 3.03. The molecule has 114 valence electrons. The summed E-state index contributed by atoms with van der Waals surface area (Å²) in [5.74, 6) is 1.74. The van der Waals surface area contributed by atoms with Gasteiger partial charge in [-0.1, -0.05) is 6.07 Å². The first kappa shape index (κ1) is 14.3. The Kier molecular flexibility index (Phi) is 3.82. The molecule has 3 atom stereocenters. The van der Waals surface area contributed by atoms with Crippen LogP contribution in [0, 0.1) is 22.0 Å². The fraction of sp³-hybridized carbons (Fsp3) is 0.600. The van der Waals surface area contributed by atoms with Crippen LogP contribution in [0.1, 0.15) is 12.5 Å². The van der Waals surface area contributed by atoms with E-state index in [1.165, 1.54) is 7.11 Å². The van der Waals surface area contributed by atoms with E-state index < -0.39 is 0 Å². The highest BCUT2D eigenvalue weighted by molar-refractivity contribution is 5.48. The van der Waals surface area contributed by atoms with Crippen molar-refractivity contribution in [1.82, 2.24) is 10.2 Å². The van der Waals surface area contributed by atoms with E-state index in [0.29, 0.717) is 23.6 Å². The maximum atomic E-state index is 11.1. The molecular weight excluding hydrogens is 270 g/mol. The van der Waals surface area contributed by atoms with Gasteiger partial charge in [-0.05, 0) is 43.5 Å². The zero-order chi connectivity index (χ0) is 15.0. The first-order valence-corrected chi connectivity index (χ1v) is 7.36. The molecule has 0 spiro atoms. The molecule has 1 aromatic carbocycles. The van der Waals surface area contributed by atoms with Crippen molar-refractivity contribution < 1.29 is 9.66 Å². The molecule has 21 heavy (non-hydrogen) atoms. The van der Waals surface area contributed by atoms with Crippen LogP contribution in [0.25, 0.3) is 0 Å². The number of benzene rings is 1. The third kappa shape index (κ3) is 2.61. The van der Waals surface area contributed by atoms with Crippen LogP contribution in [-0.4, -0.2) is 42.6 Å². The summed E-state index contributed by atoms with van der Waals surface area (Å²) < 4.78 is 5.05. The van der Waals surface area contributed by atoms with E-state index >= 15 is 0 Å². The van der Waals surface area contributed by atoms with Crippen molar-refractivity contribution in [1.29, 1.82) is 0 Å². The Balaban J connectivity index is 1.76. The fourth-order valence-corrected chi connectivity index (χ4v) is 3.68. The van der Waals surface area contributed by atoms with Gasteiger partial charge in [-0.15, -0.1) is 0 Å². The molecule has 2 heterocycles. The lowest BCUT2D eigenvalue weighted by molar-refractivity contribution is -0.385. The SMILES string of the molecule is COc1ccc(CN2CC3CNCC3C2C)cc1[N+](=O)[O-]. The Morgan fingerprint density at radius 3 is 2.95 bits per heavy atom. The summed E-state index contributed by atoms with van der Waals surface area (Å²) in [7, 11) is 1.46. The minimum absolute atomic E-state index is 0.0451. The average molecular weight is 291 g/mol. The van der Waals surface area contributed by atoms with Gasteiger partial charge in [0.15, 0.2) is 5.75 Å². The van der Waals surface area contributed by atoms with E-state index in [9.17, 15) is 10.1 Å². The predicted molar refractivity (Wildman–Crippen MR) is 79.4 cm³/mol. The van der Waals surface area contributed by atoms with Crippen LogP contribution in [0.4, 0.5) is 5.69 Å². The molecule has 0 bridgehead atoms. The molecule has 6 nitrogen and oxygen atoms in total. The Bertz CT molecular complexity index is 549. The van der Waals surface area contributed by atoms with Gasteiger partial charge in [0.1, 0.15) is 0 Å². The lowest BCUT2D eigenvalue weighted by atomic mass is 9.95. The van der Waals surface area contributed by atoms with Crippen molar-refractivity contribution in [2.45, 2.75) is 19.5 Å². The highest BCUT2D eigenvalue weighted by atomic mass is 16.6. The molecule has 3 unspecified atom stereocenters. The van der Waals surface area contributed by atoms with Gasteiger partial charge in [0.2, 0.25) is 0 Å². The van der Waals surface area contributed by atoms with Crippen molar-refractivity contribution in [2.75, 3.05) is 26.7 Å². The molecule has 0 aromatic heterocycles. The smallest absolute Gasteiger partial charge is 0.311 e. The van der Waals surface area contributed by atoms with Crippen molar-refractivity contribution in [2.24, 2.45) is 11.8 Å². The molecule has 2 saturated heterocycles. The standard InChI is InChI=1S/C15H21N3O3/c1-10-13-7-16-6-12(13)9-17(10)8-11-3-4-15(21-2)14(5-11)18(19)20/h3-5,10,12-13,16H,6-9H2,1-2H3. The molecule has 1 aromatic rings. The molecule has 0 amide bonds. The van der Waals surface area contributed by atoms with Crippen molar-refractivity contribution >= 4 is 5.69 Å². The number of ether oxygens (including phenoxy) is 1. The topological polar surface area (TPSA) is 67.6 Å². The van der Waals surface area contributed by atoms with Crippen LogP contribution < -0.4 is 10.1 Å². The maximum Gasteiger partial charge on any atom is 0.311 e.